The fraction of sp³-hybridized carbons (Fsp3) is 0.619. The first kappa shape index (κ1) is 20.3. The van der Waals surface area contributed by atoms with Crippen molar-refractivity contribution < 1.29 is 23.1 Å². The molecule has 1 aromatic carbocycles. The SMILES string of the molecule is Cc1ccc(C)c(S(=O)(=O)N2CCN(C(=O)[C@H]3[C@@H]4CC[C@@H](C4)[C@@H]3C(=O)O)CC2)c1. The molecule has 0 aromatic heterocycles. The first-order valence-electron chi connectivity index (χ1n) is 10.3. The Bertz CT molecular complexity index is 936. The third-order valence-electron chi connectivity index (χ3n) is 7.00. The van der Waals surface area contributed by atoms with Crippen LogP contribution in [0, 0.1) is 37.5 Å². The molecule has 8 heteroatoms. The van der Waals surface area contributed by atoms with Crippen LogP contribution in [-0.2, 0) is 19.6 Å². The second-order valence-electron chi connectivity index (χ2n) is 8.72. The number of benzene rings is 1. The van der Waals surface area contributed by atoms with Gasteiger partial charge in [0.1, 0.15) is 0 Å². The summed E-state index contributed by atoms with van der Waals surface area (Å²) in [4.78, 5) is 26.8. The lowest BCUT2D eigenvalue weighted by Gasteiger charge is -2.38. The maximum Gasteiger partial charge on any atom is 0.307 e. The molecule has 2 aliphatic carbocycles. The molecule has 1 amide bonds. The Labute approximate surface area is 171 Å². The van der Waals surface area contributed by atoms with E-state index in [2.05, 4.69) is 0 Å². The topological polar surface area (TPSA) is 95.0 Å². The lowest BCUT2D eigenvalue weighted by atomic mass is 9.78. The molecule has 0 radical (unpaired) electrons. The molecule has 1 saturated heterocycles. The lowest BCUT2D eigenvalue weighted by Crippen LogP contribution is -2.53. The fourth-order valence-corrected chi connectivity index (χ4v) is 7.22. The predicted molar refractivity (Wildman–Crippen MR) is 107 cm³/mol. The van der Waals surface area contributed by atoms with Gasteiger partial charge >= 0.3 is 5.97 Å². The Kier molecular flexibility index (Phi) is 5.19. The molecule has 1 aromatic rings. The standard InChI is InChI=1S/C21H28N2O5S/c1-13-3-4-14(2)17(11-13)29(27,28)23-9-7-22(8-10-23)20(24)18-15-5-6-16(12-15)19(18)21(25)26/h3-4,11,15-16,18-19H,5-10,12H2,1-2H3,(H,25,26)/t15-,16+,18+,19+/m1/s1. The van der Waals surface area contributed by atoms with Gasteiger partial charge in [-0.2, -0.15) is 4.31 Å². The van der Waals surface area contributed by atoms with Crippen LogP contribution in [0.2, 0.25) is 0 Å². The van der Waals surface area contributed by atoms with Crippen molar-refractivity contribution in [1.29, 1.82) is 0 Å². The van der Waals surface area contributed by atoms with E-state index in [9.17, 15) is 23.1 Å². The summed E-state index contributed by atoms with van der Waals surface area (Å²) in [5, 5.41) is 9.62. The minimum absolute atomic E-state index is 0.103. The number of amides is 1. The number of aliphatic carboxylic acids is 1. The molecule has 3 aliphatic rings. The number of hydrogen-bond donors (Lipinski definition) is 1. The summed E-state index contributed by atoms with van der Waals surface area (Å²) >= 11 is 0. The molecule has 2 bridgehead atoms. The first-order chi connectivity index (χ1) is 13.7. The summed E-state index contributed by atoms with van der Waals surface area (Å²) in [6.45, 7) is 4.74. The number of nitrogens with zero attached hydrogens (tertiary/aromatic N) is 2. The summed E-state index contributed by atoms with van der Waals surface area (Å²) < 4.78 is 27.6. The summed E-state index contributed by atoms with van der Waals surface area (Å²) in [5.41, 5.74) is 1.60. The van der Waals surface area contributed by atoms with E-state index < -0.39 is 27.8 Å². The Morgan fingerprint density at radius 3 is 2.24 bits per heavy atom. The molecule has 0 unspecified atom stereocenters. The number of carboxylic acid groups (broad SMARTS) is 1. The summed E-state index contributed by atoms with van der Waals surface area (Å²) in [7, 11) is -3.61. The largest absolute Gasteiger partial charge is 0.481 e. The highest BCUT2D eigenvalue weighted by atomic mass is 32.2. The van der Waals surface area contributed by atoms with Gasteiger partial charge in [-0.15, -0.1) is 0 Å². The number of carbonyl (C=O) groups is 2. The van der Waals surface area contributed by atoms with Crippen LogP contribution in [0.3, 0.4) is 0 Å². The molecular weight excluding hydrogens is 392 g/mol. The zero-order chi connectivity index (χ0) is 20.9. The molecule has 4 rings (SSSR count). The van der Waals surface area contributed by atoms with E-state index in [-0.39, 0.29) is 30.8 Å². The maximum absolute atomic E-state index is 13.1. The molecule has 3 fully saturated rings. The second kappa shape index (κ2) is 7.40. The number of piperazine rings is 1. The van der Waals surface area contributed by atoms with Crippen molar-refractivity contribution in [3.63, 3.8) is 0 Å². The van der Waals surface area contributed by atoms with E-state index in [4.69, 9.17) is 0 Å². The van der Waals surface area contributed by atoms with Crippen LogP contribution in [0.15, 0.2) is 23.1 Å². The van der Waals surface area contributed by atoms with E-state index in [1.807, 2.05) is 19.1 Å². The monoisotopic (exact) mass is 420 g/mol. The van der Waals surface area contributed by atoms with Gasteiger partial charge in [-0.05, 0) is 62.1 Å². The van der Waals surface area contributed by atoms with E-state index in [0.29, 0.717) is 23.5 Å². The summed E-state index contributed by atoms with van der Waals surface area (Å²) in [6, 6.07) is 5.39. The highest BCUT2D eigenvalue weighted by Gasteiger charge is 2.55. The molecule has 29 heavy (non-hydrogen) atoms. The van der Waals surface area contributed by atoms with Gasteiger partial charge in [0, 0.05) is 26.2 Å². The Morgan fingerprint density at radius 1 is 1.00 bits per heavy atom. The maximum atomic E-state index is 13.1. The van der Waals surface area contributed by atoms with Crippen LogP contribution in [0.4, 0.5) is 0 Å². The summed E-state index contributed by atoms with van der Waals surface area (Å²) in [5.74, 6) is -1.74. The van der Waals surface area contributed by atoms with Gasteiger partial charge < -0.3 is 10.0 Å². The van der Waals surface area contributed by atoms with Gasteiger partial charge in [-0.25, -0.2) is 8.42 Å². The number of fused-ring (bicyclic) bond motifs is 2. The van der Waals surface area contributed by atoms with Crippen molar-refractivity contribution in [3.05, 3.63) is 29.3 Å². The van der Waals surface area contributed by atoms with E-state index >= 15 is 0 Å². The smallest absolute Gasteiger partial charge is 0.307 e. The highest BCUT2D eigenvalue weighted by Crippen LogP contribution is 2.53. The molecule has 0 spiro atoms. The fourth-order valence-electron chi connectivity index (χ4n) is 5.49. The Hall–Kier alpha value is -1.93. The summed E-state index contributed by atoms with van der Waals surface area (Å²) in [6.07, 6.45) is 2.65. The quantitative estimate of drug-likeness (QED) is 0.803. The number of rotatable bonds is 4. The third kappa shape index (κ3) is 3.46. The van der Waals surface area contributed by atoms with Crippen molar-refractivity contribution >= 4 is 21.9 Å². The molecule has 1 aliphatic heterocycles. The van der Waals surface area contributed by atoms with Gasteiger partial charge in [-0.3, -0.25) is 9.59 Å². The highest BCUT2D eigenvalue weighted by molar-refractivity contribution is 7.89. The first-order valence-corrected chi connectivity index (χ1v) is 11.7. The number of carbonyl (C=O) groups excluding carboxylic acids is 1. The van der Waals surface area contributed by atoms with Gasteiger partial charge in [0.05, 0.1) is 16.7 Å². The normalized spacial score (nSPS) is 29.9. The predicted octanol–water partition coefficient (Wildman–Crippen LogP) is 1.88. The van der Waals surface area contributed by atoms with Crippen LogP contribution in [0.25, 0.3) is 0 Å². The van der Waals surface area contributed by atoms with Crippen molar-refractivity contribution in [3.8, 4) is 0 Å². The molecule has 158 valence electrons. The van der Waals surface area contributed by atoms with Crippen LogP contribution in [-0.4, -0.2) is 60.8 Å². The average Bonchev–Trinajstić information content (AvgIpc) is 3.31. The van der Waals surface area contributed by atoms with Gasteiger partial charge in [-0.1, -0.05) is 12.1 Å². The third-order valence-corrected chi connectivity index (χ3v) is 9.04. The molecular formula is C21H28N2O5S. The van der Waals surface area contributed by atoms with E-state index in [0.717, 1.165) is 24.8 Å². The number of aryl methyl sites for hydroxylation is 2. The van der Waals surface area contributed by atoms with Gasteiger partial charge in [0.25, 0.3) is 0 Å². The minimum atomic E-state index is -3.61. The molecule has 2 saturated carbocycles. The number of carboxylic acids is 1. The average molecular weight is 421 g/mol. The van der Waals surface area contributed by atoms with Crippen molar-refractivity contribution in [1.82, 2.24) is 9.21 Å². The van der Waals surface area contributed by atoms with Crippen LogP contribution in [0.5, 0.6) is 0 Å². The Balaban J connectivity index is 1.46. The second-order valence-corrected chi connectivity index (χ2v) is 10.6. The van der Waals surface area contributed by atoms with Crippen LogP contribution >= 0.6 is 0 Å². The zero-order valence-electron chi connectivity index (χ0n) is 16.9. The molecule has 1 N–H and O–H groups in total. The molecule has 1 heterocycles. The van der Waals surface area contributed by atoms with E-state index in [1.165, 1.54) is 4.31 Å². The van der Waals surface area contributed by atoms with Gasteiger partial charge in [0.15, 0.2) is 0 Å². The number of sulfonamides is 1. The lowest BCUT2D eigenvalue weighted by molar-refractivity contribution is -0.153. The molecule has 4 atom stereocenters. The van der Waals surface area contributed by atoms with Crippen molar-refractivity contribution in [2.24, 2.45) is 23.7 Å². The van der Waals surface area contributed by atoms with Crippen LogP contribution in [0.1, 0.15) is 30.4 Å². The van der Waals surface area contributed by atoms with Crippen LogP contribution < -0.4 is 0 Å². The van der Waals surface area contributed by atoms with Gasteiger partial charge in [0.2, 0.25) is 15.9 Å². The van der Waals surface area contributed by atoms with Crippen molar-refractivity contribution in [2.75, 3.05) is 26.2 Å². The van der Waals surface area contributed by atoms with Crippen molar-refractivity contribution in [2.45, 2.75) is 38.0 Å². The Morgan fingerprint density at radius 2 is 1.62 bits per heavy atom. The van der Waals surface area contributed by atoms with E-state index in [1.54, 1.807) is 17.9 Å². The molecule has 7 nitrogen and oxygen atoms in total. The zero-order valence-corrected chi connectivity index (χ0v) is 17.7. The minimum Gasteiger partial charge on any atom is -0.481 e. The number of hydrogen-bond acceptors (Lipinski definition) is 4.